The molecule has 0 N–H and O–H groups in total. The monoisotopic (exact) mass is 308 g/mol. The van der Waals surface area contributed by atoms with E-state index in [0.29, 0.717) is 6.42 Å². The lowest BCUT2D eigenvalue weighted by Gasteiger charge is -2.38. The molecule has 2 amide bonds. The van der Waals surface area contributed by atoms with Gasteiger partial charge in [-0.2, -0.15) is 0 Å². The predicted octanol–water partition coefficient (Wildman–Crippen LogP) is 3.02. The van der Waals surface area contributed by atoms with Crippen LogP contribution < -0.4 is 9.80 Å². The fourth-order valence-corrected chi connectivity index (χ4v) is 2.98. The van der Waals surface area contributed by atoms with Gasteiger partial charge in [0.25, 0.3) is 0 Å². The summed E-state index contributed by atoms with van der Waals surface area (Å²) in [6.07, 6.45) is 0.296. The lowest BCUT2D eigenvalue weighted by Crippen LogP contribution is -2.50. The van der Waals surface area contributed by atoms with Crippen molar-refractivity contribution in [3.8, 4) is 0 Å². The summed E-state index contributed by atoms with van der Waals surface area (Å²) in [6, 6.07) is 17.3. The number of hydrogen-bond donors (Lipinski definition) is 0. The second-order valence-corrected chi connectivity index (χ2v) is 5.99. The summed E-state index contributed by atoms with van der Waals surface area (Å²) in [6.45, 7) is 4.06. The van der Waals surface area contributed by atoms with Crippen LogP contribution in [0.2, 0.25) is 0 Å². The van der Waals surface area contributed by atoms with E-state index >= 15 is 0 Å². The SMILES string of the molecule is CC(C)N1C(=O)CN(C(=O)Cc2ccccc2)c2ccccc21. The van der Waals surface area contributed by atoms with Crippen molar-refractivity contribution < 1.29 is 9.59 Å². The summed E-state index contributed by atoms with van der Waals surface area (Å²) >= 11 is 0. The lowest BCUT2D eigenvalue weighted by atomic mass is 10.1. The van der Waals surface area contributed by atoms with Gasteiger partial charge in [-0.3, -0.25) is 9.59 Å². The number of carbonyl (C=O) groups is 2. The molecule has 0 atom stereocenters. The molecule has 0 unspecified atom stereocenters. The second-order valence-electron chi connectivity index (χ2n) is 5.99. The van der Waals surface area contributed by atoms with E-state index in [1.165, 1.54) is 0 Å². The number of hydrogen-bond acceptors (Lipinski definition) is 2. The molecule has 0 aliphatic carbocycles. The maximum Gasteiger partial charge on any atom is 0.247 e. The fourth-order valence-electron chi connectivity index (χ4n) is 2.98. The fraction of sp³-hybridized carbons (Fsp3) is 0.263. The highest BCUT2D eigenvalue weighted by Crippen LogP contribution is 2.34. The first-order valence-corrected chi connectivity index (χ1v) is 7.83. The van der Waals surface area contributed by atoms with Gasteiger partial charge < -0.3 is 9.80 Å². The molecule has 23 heavy (non-hydrogen) atoms. The van der Waals surface area contributed by atoms with Crippen LogP contribution in [0.4, 0.5) is 11.4 Å². The molecule has 0 spiro atoms. The Morgan fingerprint density at radius 3 is 2.26 bits per heavy atom. The Morgan fingerprint density at radius 1 is 1.00 bits per heavy atom. The van der Waals surface area contributed by atoms with Crippen molar-refractivity contribution in [3.05, 3.63) is 60.2 Å². The van der Waals surface area contributed by atoms with Crippen LogP contribution in [0, 0.1) is 0 Å². The molecule has 0 fully saturated rings. The Labute approximate surface area is 136 Å². The summed E-state index contributed by atoms with van der Waals surface area (Å²) in [5.41, 5.74) is 2.57. The molecule has 0 saturated carbocycles. The van der Waals surface area contributed by atoms with Gasteiger partial charge in [0.1, 0.15) is 6.54 Å². The molecule has 2 aromatic carbocycles. The number of nitrogens with zero attached hydrogens (tertiary/aromatic N) is 2. The first-order valence-electron chi connectivity index (χ1n) is 7.83. The average Bonchev–Trinajstić information content (AvgIpc) is 2.54. The van der Waals surface area contributed by atoms with E-state index in [-0.39, 0.29) is 24.4 Å². The maximum atomic E-state index is 12.7. The molecule has 0 aromatic heterocycles. The van der Waals surface area contributed by atoms with Gasteiger partial charge in [0.2, 0.25) is 11.8 Å². The number of anilines is 2. The van der Waals surface area contributed by atoms with E-state index in [0.717, 1.165) is 16.9 Å². The third-order valence-electron chi connectivity index (χ3n) is 4.01. The largest absolute Gasteiger partial charge is 0.306 e. The van der Waals surface area contributed by atoms with E-state index in [4.69, 9.17) is 0 Å². The van der Waals surface area contributed by atoms with Crippen molar-refractivity contribution in [2.24, 2.45) is 0 Å². The molecular formula is C19H20N2O2. The molecule has 0 saturated heterocycles. The van der Waals surface area contributed by atoms with E-state index in [1.54, 1.807) is 9.80 Å². The van der Waals surface area contributed by atoms with Crippen LogP contribution in [0.3, 0.4) is 0 Å². The van der Waals surface area contributed by atoms with Gasteiger partial charge in [-0.15, -0.1) is 0 Å². The van der Waals surface area contributed by atoms with Gasteiger partial charge in [0.05, 0.1) is 17.8 Å². The van der Waals surface area contributed by atoms with Crippen molar-refractivity contribution in [2.75, 3.05) is 16.3 Å². The molecule has 118 valence electrons. The molecule has 1 heterocycles. The quantitative estimate of drug-likeness (QED) is 0.874. The Hall–Kier alpha value is -2.62. The Bertz CT molecular complexity index is 725. The van der Waals surface area contributed by atoms with Gasteiger partial charge in [-0.1, -0.05) is 42.5 Å². The molecule has 4 nitrogen and oxygen atoms in total. The molecule has 0 bridgehead atoms. The highest BCUT2D eigenvalue weighted by atomic mass is 16.2. The van der Waals surface area contributed by atoms with Gasteiger partial charge in [-0.25, -0.2) is 0 Å². The predicted molar refractivity (Wildman–Crippen MR) is 91.6 cm³/mol. The van der Waals surface area contributed by atoms with Crippen LogP contribution >= 0.6 is 0 Å². The van der Waals surface area contributed by atoms with Crippen molar-refractivity contribution in [2.45, 2.75) is 26.3 Å². The smallest absolute Gasteiger partial charge is 0.247 e. The zero-order valence-electron chi connectivity index (χ0n) is 13.4. The van der Waals surface area contributed by atoms with Crippen LogP contribution in [0.25, 0.3) is 0 Å². The van der Waals surface area contributed by atoms with Crippen LogP contribution in [0.1, 0.15) is 19.4 Å². The van der Waals surface area contributed by atoms with Crippen molar-refractivity contribution >= 4 is 23.2 Å². The zero-order chi connectivity index (χ0) is 16.4. The number of rotatable bonds is 3. The summed E-state index contributed by atoms with van der Waals surface area (Å²) in [4.78, 5) is 28.6. The third kappa shape index (κ3) is 2.97. The van der Waals surface area contributed by atoms with Gasteiger partial charge in [0, 0.05) is 6.04 Å². The maximum absolute atomic E-state index is 12.7. The molecule has 2 aromatic rings. The summed E-state index contributed by atoms with van der Waals surface area (Å²) < 4.78 is 0. The van der Waals surface area contributed by atoms with Crippen LogP contribution in [0.15, 0.2) is 54.6 Å². The second kappa shape index (κ2) is 6.24. The van der Waals surface area contributed by atoms with E-state index < -0.39 is 0 Å². The molecular weight excluding hydrogens is 288 g/mol. The number of amides is 2. The molecule has 0 radical (unpaired) electrons. The topological polar surface area (TPSA) is 40.6 Å². The molecule has 3 rings (SSSR count). The zero-order valence-corrected chi connectivity index (χ0v) is 13.4. The van der Waals surface area contributed by atoms with Crippen molar-refractivity contribution in [1.82, 2.24) is 0 Å². The number of fused-ring (bicyclic) bond motifs is 1. The molecule has 1 aliphatic rings. The summed E-state index contributed by atoms with van der Waals surface area (Å²) in [7, 11) is 0. The lowest BCUT2D eigenvalue weighted by molar-refractivity contribution is -0.122. The van der Waals surface area contributed by atoms with Crippen LogP contribution in [0.5, 0.6) is 0 Å². The normalized spacial score (nSPS) is 14.1. The third-order valence-corrected chi connectivity index (χ3v) is 4.01. The Balaban J connectivity index is 1.92. The van der Waals surface area contributed by atoms with Crippen LogP contribution in [-0.4, -0.2) is 24.4 Å². The van der Waals surface area contributed by atoms with Gasteiger partial charge in [0.15, 0.2) is 0 Å². The Kier molecular flexibility index (Phi) is 4.15. The average molecular weight is 308 g/mol. The minimum atomic E-state index is -0.0552. The molecule has 4 heteroatoms. The van der Waals surface area contributed by atoms with Gasteiger partial charge >= 0.3 is 0 Å². The number of carbonyl (C=O) groups excluding carboxylic acids is 2. The van der Waals surface area contributed by atoms with Crippen LogP contribution in [-0.2, 0) is 16.0 Å². The Morgan fingerprint density at radius 2 is 1.61 bits per heavy atom. The highest BCUT2D eigenvalue weighted by molar-refractivity contribution is 6.11. The van der Waals surface area contributed by atoms with Gasteiger partial charge in [-0.05, 0) is 31.5 Å². The van der Waals surface area contributed by atoms with E-state index in [2.05, 4.69) is 0 Å². The first-order chi connectivity index (χ1) is 11.1. The highest BCUT2D eigenvalue weighted by Gasteiger charge is 2.33. The standard InChI is InChI=1S/C19H20N2O2/c1-14(2)21-17-11-7-6-10-16(17)20(13-19(21)23)18(22)12-15-8-4-3-5-9-15/h3-11,14H,12-13H2,1-2H3. The summed E-state index contributed by atoms with van der Waals surface area (Å²) in [5.74, 6) is -0.0967. The van der Waals surface area contributed by atoms with Crippen molar-refractivity contribution in [3.63, 3.8) is 0 Å². The minimum absolute atomic E-state index is 0.0416. The molecule has 1 aliphatic heterocycles. The summed E-state index contributed by atoms with van der Waals surface area (Å²) in [5, 5.41) is 0. The minimum Gasteiger partial charge on any atom is -0.306 e. The first kappa shape index (κ1) is 15.3. The number of benzene rings is 2. The van der Waals surface area contributed by atoms with E-state index in [9.17, 15) is 9.59 Å². The van der Waals surface area contributed by atoms with Crippen molar-refractivity contribution in [1.29, 1.82) is 0 Å². The van der Waals surface area contributed by atoms with E-state index in [1.807, 2.05) is 68.4 Å². The number of para-hydroxylation sites is 2.